The van der Waals surface area contributed by atoms with Crippen molar-refractivity contribution in [2.24, 2.45) is 5.92 Å². The van der Waals surface area contributed by atoms with Crippen molar-refractivity contribution < 1.29 is 9.21 Å². The number of fused-ring (bicyclic) bond motifs is 1. The summed E-state index contributed by atoms with van der Waals surface area (Å²) in [7, 11) is 0. The van der Waals surface area contributed by atoms with Crippen molar-refractivity contribution in [1.29, 1.82) is 0 Å². The molecule has 1 aromatic carbocycles. The van der Waals surface area contributed by atoms with Crippen LogP contribution in [0.1, 0.15) is 29.6 Å². The molecule has 3 rings (SSSR count). The summed E-state index contributed by atoms with van der Waals surface area (Å²) in [5, 5.41) is 4.02. The van der Waals surface area contributed by atoms with E-state index in [1.54, 1.807) is 0 Å². The Hall–Kier alpha value is -1.48. The van der Waals surface area contributed by atoms with Gasteiger partial charge < -0.3 is 9.73 Å². The van der Waals surface area contributed by atoms with Gasteiger partial charge in [0.05, 0.1) is 5.56 Å². The highest BCUT2D eigenvalue weighted by Gasteiger charge is 2.26. The molecule has 2 atom stereocenters. The van der Waals surface area contributed by atoms with E-state index in [1.807, 2.05) is 24.3 Å². The van der Waals surface area contributed by atoms with E-state index in [0.29, 0.717) is 18.0 Å². The van der Waals surface area contributed by atoms with E-state index in [-0.39, 0.29) is 11.3 Å². The summed E-state index contributed by atoms with van der Waals surface area (Å²) in [5.74, 6) is 0.310. The van der Waals surface area contributed by atoms with Crippen LogP contribution in [-0.4, -0.2) is 17.8 Å². The predicted molar refractivity (Wildman–Crippen MR) is 75.5 cm³/mol. The highest BCUT2D eigenvalue weighted by Crippen LogP contribution is 2.29. The summed E-state index contributed by atoms with van der Waals surface area (Å²) in [6.07, 6.45) is 4.83. The third-order valence-corrected chi connectivity index (χ3v) is 4.39. The van der Waals surface area contributed by atoms with Gasteiger partial charge in [-0.15, -0.1) is 11.6 Å². The van der Waals surface area contributed by atoms with Crippen LogP contribution >= 0.6 is 11.6 Å². The minimum Gasteiger partial charge on any atom is -0.463 e. The molecule has 1 aliphatic carbocycles. The number of carbonyl (C=O) groups is 1. The third kappa shape index (κ3) is 2.47. The highest BCUT2D eigenvalue weighted by molar-refractivity contribution is 6.21. The van der Waals surface area contributed by atoms with Gasteiger partial charge in [0.2, 0.25) is 0 Å². The minimum absolute atomic E-state index is 0.0827. The monoisotopic (exact) mass is 277 g/mol. The summed E-state index contributed by atoms with van der Waals surface area (Å²) in [6.45, 7) is 0.645. The molecular formula is C15H16ClNO2. The molecule has 0 spiro atoms. The Labute approximate surface area is 116 Å². The fourth-order valence-corrected chi connectivity index (χ4v) is 3.06. The summed E-state index contributed by atoms with van der Waals surface area (Å²) in [4.78, 5) is 12.2. The average Bonchev–Trinajstić information content (AvgIpc) is 3.02. The number of amides is 1. The standard InChI is InChI=1S/C15H16ClNO2/c16-13-6-3-4-10(13)8-17-15(18)12-9-19-14-7-2-1-5-11(12)14/h1-2,5,7,9-10,13H,3-4,6,8H2,(H,17,18). The first-order valence-electron chi connectivity index (χ1n) is 6.64. The summed E-state index contributed by atoms with van der Waals surface area (Å²) in [6, 6.07) is 7.55. The lowest BCUT2D eigenvalue weighted by molar-refractivity contribution is 0.0948. The van der Waals surface area contributed by atoms with Crippen LogP contribution in [0.5, 0.6) is 0 Å². The van der Waals surface area contributed by atoms with Gasteiger partial charge in [0.15, 0.2) is 0 Å². The molecule has 3 nitrogen and oxygen atoms in total. The molecule has 4 heteroatoms. The van der Waals surface area contributed by atoms with Gasteiger partial charge in [-0.1, -0.05) is 24.6 Å². The van der Waals surface area contributed by atoms with Crippen LogP contribution in [0.15, 0.2) is 34.9 Å². The number of nitrogens with one attached hydrogen (secondary N) is 1. The molecule has 0 bridgehead atoms. The predicted octanol–water partition coefficient (Wildman–Crippen LogP) is 3.57. The number of halogens is 1. The Kier molecular flexibility index (Phi) is 3.47. The number of para-hydroxylation sites is 1. The average molecular weight is 278 g/mol. The summed E-state index contributed by atoms with van der Waals surface area (Å²) >= 11 is 6.21. The van der Waals surface area contributed by atoms with E-state index >= 15 is 0 Å². The van der Waals surface area contributed by atoms with Crippen LogP contribution in [0, 0.1) is 5.92 Å². The lowest BCUT2D eigenvalue weighted by Crippen LogP contribution is -2.30. The van der Waals surface area contributed by atoms with Crippen LogP contribution in [0.4, 0.5) is 0 Å². The fraction of sp³-hybridized carbons (Fsp3) is 0.400. The minimum atomic E-state index is -0.0827. The smallest absolute Gasteiger partial charge is 0.255 e. The molecule has 0 radical (unpaired) electrons. The Morgan fingerprint density at radius 3 is 3.00 bits per heavy atom. The van der Waals surface area contributed by atoms with Gasteiger partial charge >= 0.3 is 0 Å². The van der Waals surface area contributed by atoms with Crippen LogP contribution in [-0.2, 0) is 0 Å². The molecule has 2 aromatic rings. The van der Waals surface area contributed by atoms with E-state index in [2.05, 4.69) is 5.32 Å². The van der Waals surface area contributed by atoms with Crippen molar-refractivity contribution in [3.8, 4) is 0 Å². The number of carbonyl (C=O) groups excluding carboxylic acids is 1. The first-order valence-corrected chi connectivity index (χ1v) is 7.08. The molecule has 1 aromatic heterocycles. The van der Waals surface area contributed by atoms with Crippen molar-refractivity contribution in [2.45, 2.75) is 24.6 Å². The molecule has 100 valence electrons. The highest BCUT2D eigenvalue weighted by atomic mass is 35.5. The maximum absolute atomic E-state index is 12.2. The van der Waals surface area contributed by atoms with Crippen LogP contribution in [0.2, 0.25) is 0 Å². The molecule has 2 unspecified atom stereocenters. The maximum atomic E-state index is 12.2. The van der Waals surface area contributed by atoms with Gasteiger partial charge in [0.25, 0.3) is 5.91 Å². The van der Waals surface area contributed by atoms with E-state index in [9.17, 15) is 4.79 Å². The van der Waals surface area contributed by atoms with Gasteiger partial charge in [-0.3, -0.25) is 4.79 Å². The zero-order chi connectivity index (χ0) is 13.2. The quantitative estimate of drug-likeness (QED) is 0.872. The van der Waals surface area contributed by atoms with Crippen LogP contribution < -0.4 is 5.32 Å². The second-order valence-corrected chi connectivity index (χ2v) is 5.62. The first kappa shape index (κ1) is 12.5. The summed E-state index contributed by atoms with van der Waals surface area (Å²) < 4.78 is 5.38. The fourth-order valence-electron chi connectivity index (χ4n) is 2.69. The van der Waals surface area contributed by atoms with Crippen molar-refractivity contribution in [3.63, 3.8) is 0 Å². The molecule has 0 saturated heterocycles. The molecule has 19 heavy (non-hydrogen) atoms. The van der Waals surface area contributed by atoms with Gasteiger partial charge in [0, 0.05) is 17.3 Å². The zero-order valence-electron chi connectivity index (χ0n) is 10.6. The second-order valence-electron chi connectivity index (χ2n) is 5.06. The van der Waals surface area contributed by atoms with Gasteiger partial charge in [0.1, 0.15) is 11.8 Å². The number of hydrogen-bond acceptors (Lipinski definition) is 2. The van der Waals surface area contributed by atoms with Gasteiger partial charge in [-0.05, 0) is 24.8 Å². The van der Waals surface area contributed by atoms with E-state index < -0.39 is 0 Å². The van der Waals surface area contributed by atoms with Crippen molar-refractivity contribution >= 4 is 28.5 Å². The number of hydrogen-bond donors (Lipinski definition) is 1. The normalized spacial score (nSPS) is 22.8. The maximum Gasteiger partial charge on any atom is 0.255 e. The Bertz CT molecular complexity index is 593. The lowest BCUT2D eigenvalue weighted by Gasteiger charge is -2.13. The Balaban J connectivity index is 1.70. The van der Waals surface area contributed by atoms with Gasteiger partial charge in [-0.25, -0.2) is 0 Å². The topological polar surface area (TPSA) is 42.2 Å². The molecule has 1 saturated carbocycles. The van der Waals surface area contributed by atoms with E-state index in [4.69, 9.17) is 16.0 Å². The number of benzene rings is 1. The molecule has 1 amide bonds. The van der Waals surface area contributed by atoms with Crippen LogP contribution in [0.3, 0.4) is 0 Å². The van der Waals surface area contributed by atoms with Crippen molar-refractivity contribution in [3.05, 3.63) is 36.1 Å². The first-order chi connectivity index (χ1) is 9.25. The zero-order valence-corrected chi connectivity index (χ0v) is 11.3. The third-order valence-electron chi connectivity index (χ3n) is 3.82. The largest absolute Gasteiger partial charge is 0.463 e. The number of furan rings is 1. The Morgan fingerprint density at radius 1 is 1.37 bits per heavy atom. The van der Waals surface area contributed by atoms with E-state index in [0.717, 1.165) is 30.2 Å². The molecule has 1 aliphatic rings. The number of alkyl halides is 1. The molecule has 0 aliphatic heterocycles. The lowest BCUT2D eigenvalue weighted by atomic mass is 10.1. The van der Waals surface area contributed by atoms with E-state index in [1.165, 1.54) is 6.26 Å². The SMILES string of the molecule is O=C(NCC1CCCC1Cl)c1coc2ccccc12. The Morgan fingerprint density at radius 2 is 2.21 bits per heavy atom. The van der Waals surface area contributed by atoms with Crippen molar-refractivity contribution in [2.75, 3.05) is 6.54 Å². The van der Waals surface area contributed by atoms with Crippen molar-refractivity contribution in [1.82, 2.24) is 5.32 Å². The molecular weight excluding hydrogens is 262 g/mol. The summed E-state index contributed by atoms with van der Waals surface area (Å²) in [5.41, 5.74) is 1.34. The second kappa shape index (κ2) is 5.25. The van der Waals surface area contributed by atoms with Gasteiger partial charge in [-0.2, -0.15) is 0 Å². The molecule has 1 N–H and O–H groups in total. The molecule has 1 heterocycles. The van der Waals surface area contributed by atoms with Crippen LogP contribution in [0.25, 0.3) is 11.0 Å². The molecule has 1 fully saturated rings. The number of rotatable bonds is 3.